The SMILES string of the molecule is CCCC[C@H](N)C(=O)Nc1ccc(C)c(NC(=O)c2cccc(C)c2)c1. The first kappa shape index (κ1) is 19.7. The molecule has 4 N–H and O–H groups in total. The van der Waals surface area contributed by atoms with E-state index in [1.54, 1.807) is 12.1 Å². The zero-order chi connectivity index (χ0) is 19.1. The number of nitrogens with two attached hydrogens (primary N) is 1. The number of nitrogens with one attached hydrogen (secondary N) is 2. The molecule has 0 radical (unpaired) electrons. The van der Waals surface area contributed by atoms with Crippen molar-refractivity contribution >= 4 is 23.2 Å². The van der Waals surface area contributed by atoms with Gasteiger partial charge in [0.2, 0.25) is 5.91 Å². The molecule has 1 atom stereocenters. The van der Waals surface area contributed by atoms with Crippen molar-refractivity contribution in [3.63, 3.8) is 0 Å². The van der Waals surface area contributed by atoms with Crippen LogP contribution in [0.25, 0.3) is 0 Å². The second-order valence-corrected chi connectivity index (χ2v) is 6.59. The molecule has 2 aromatic rings. The molecule has 0 aliphatic heterocycles. The highest BCUT2D eigenvalue weighted by atomic mass is 16.2. The number of hydrogen-bond donors (Lipinski definition) is 3. The predicted octanol–water partition coefficient (Wildman–Crippen LogP) is 4.01. The molecule has 2 aromatic carbocycles. The third kappa shape index (κ3) is 5.43. The van der Waals surface area contributed by atoms with Crippen LogP contribution in [0.2, 0.25) is 0 Å². The largest absolute Gasteiger partial charge is 0.325 e. The molecule has 0 spiro atoms. The summed E-state index contributed by atoms with van der Waals surface area (Å²) in [6.07, 6.45) is 2.58. The van der Waals surface area contributed by atoms with Crippen LogP contribution in [0.15, 0.2) is 42.5 Å². The summed E-state index contributed by atoms with van der Waals surface area (Å²) >= 11 is 0. The number of benzene rings is 2. The summed E-state index contributed by atoms with van der Waals surface area (Å²) in [6.45, 7) is 5.91. The first-order valence-corrected chi connectivity index (χ1v) is 8.96. The molecule has 0 saturated heterocycles. The van der Waals surface area contributed by atoms with Crippen LogP contribution in [0.1, 0.15) is 47.7 Å². The summed E-state index contributed by atoms with van der Waals surface area (Å²) < 4.78 is 0. The average molecular weight is 353 g/mol. The molecule has 5 nitrogen and oxygen atoms in total. The first-order chi connectivity index (χ1) is 12.4. The molecule has 26 heavy (non-hydrogen) atoms. The van der Waals surface area contributed by atoms with Gasteiger partial charge in [0, 0.05) is 16.9 Å². The standard InChI is InChI=1S/C21H27N3O2/c1-4-5-9-18(22)21(26)23-17-11-10-15(3)19(13-17)24-20(25)16-8-6-7-14(2)12-16/h6-8,10-13,18H,4-5,9,22H2,1-3H3,(H,23,26)(H,24,25)/t18-/m0/s1. The molecule has 0 aromatic heterocycles. The van der Waals surface area contributed by atoms with Crippen LogP contribution in [-0.4, -0.2) is 17.9 Å². The van der Waals surface area contributed by atoms with Crippen LogP contribution in [0, 0.1) is 13.8 Å². The van der Waals surface area contributed by atoms with Crippen molar-refractivity contribution in [2.75, 3.05) is 10.6 Å². The van der Waals surface area contributed by atoms with Crippen LogP contribution < -0.4 is 16.4 Å². The Morgan fingerprint density at radius 1 is 1.08 bits per heavy atom. The fourth-order valence-corrected chi connectivity index (χ4v) is 2.61. The Balaban J connectivity index is 2.09. The zero-order valence-corrected chi connectivity index (χ0v) is 15.6. The number of amides is 2. The number of carbonyl (C=O) groups excluding carboxylic acids is 2. The van der Waals surface area contributed by atoms with Crippen LogP contribution in [0.5, 0.6) is 0 Å². The van der Waals surface area contributed by atoms with Crippen molar-refractivity contribution in [2.45, 2.75) is 46.1 Å². The molecule has 0 heterocycles. The van der Waals surface area contributed by atoms with Gasteiger partial charge in [0.1, 0.15) is 0 Å². The molecule has 5 heteroatoms. The van der Waals surface area contributed by atoms with E-state index in [2.05, 4.69) is 17.6 Å². The van der Waals surface area contributed by atoms with E-state index in [0.29, 0.717) is 23.4 Å². The van der Waals surface area contributed by atoms with Gasteiger partial charge in [0.05, 0.1) is 6.04 Å². The van der Waals surface area contributed by atoms with Crippen molar-refractivity contribution in [2.24, 2.45) is 5.73 Å². The van der Waals surface area contributed by atoms with Gasteiger partial charge in [-0.15, -0.1) is 0 Å². The summed E-state index contributed by atoms with van der Waals surface area (Å²) in [7, 11) is 0. The summed E-state index contributed by atoms with van der Waals surface area (Å²) in [6, 6.07) is 12.3. The smallest absolute Gasteiger partial charge is 0.255 e. The number of aryl methyl sites for hydroxylation is 2. The number of carbonyl (C=O) groups is 2. The van der Waals surface area contributed by atoms with E-state index >= 15 is 0 Å². The Morgan fingerprint density at radius 3 is 2.54 bits per heavy atom. The molecule has 138 valence electrons. The lowest BCUT2D eigenvalue weighted by Gasteiger charge is -2.14. The van der Waals surface area contributed by atoms with E-state index in [1.807, 2.05) is 44.2 Å². The lowest BCUT2D eigenvalue weighted by Crippen LogP contribution is -2.35. The summed E-state index contributed by atoms with van der Waals surface area (Å²) in [5.74, 6) is -0.391. The molecule has 0 unspecified atom stereocenters. The van der Waals surface area contributed by atoms with Crippen LogP contribution in [-0.2, 0) is 4.79 Å². The van der Waals surface area contributed by atoms with Crippen molar-refractivity contribution < 1.29 is 9.59 Å². The van der Waals surface area contributed by atoms with Gasteiger partial charge in [-0.3, -0.25) is 9.59 Å². The molecule has 0 fully saturated rings. The summed E-state index contributed by atoms with van der Waals surface area (Å²) in [5, 5.41) is 5.73. The monoisotopic (exact) mass is 353 g/mol. The average Bonchev–Trinajstić information content (AvgIpc) is 2.62. The van der Waals surface area contributed by atoms with Crippen LogP contribution in [0.4, 0.5) is 11.4 Å². The van der Waals surface area contributed by atoms with Gasteiger partial charge in [0.15, 0.2) is 0 Å². The molecule has 0 aliphatic rings. The third-order valence-electron chi connectivity index (χ3n) is 4.24. The second kappa shape index (κ2) is 9.15. The topological polar surface area (TPSA) is 84.2 Å². The maximum Gasteiger partial charge on any atom is 0.255 e. The third-order valence-corrected chi connectivity index (χ3v) is 4.24. The summed E-state index contributed by atoms with van der Waals surface area (Å²) in [5.41, 5.74) is 9.73. The molecule has 2 rings (SSSR count). The van der Waals surface area contributed by atoms with Gasteiger partial charge in [0.25, 0.3) is 5.91 Å². The molecule has 0 saturated carbocycles. The Labute approximate surface area is 155 Å². The van der Waals surface area contributed by atoms with E-state index < -0.39 is 6.04 Å². The van der Waals surface area contributed by atoms with Gasteiger partial charge in [-0.1, -0.05) is 43.5 Å². The lowest BCUT2D eigenvalue weighted by atomic mass is 10.1. The number of rotatable bonds is 7. The van der Waals surface area contributed by atoms with Gasteiger partial charge in [-0.2, -0.15) is 0 Å². The van der Waals surface area contributed by atoms with E-state index in [0.717, 1.165) is 24.0 Å². The lowest BCUT2D eigenvalue weighted by molar-refractivity contribution is -0.117. The Bertz CT molecular complexity index is 787. The second-order valence-electron chi connectivity index (χ2n) is 6.59. The number of unbranched alkanes of at least 4 members (excludes halogenated alkanes) is 1. The number of anilines is 2. The highest BCUT2D eigenvalue weighted by Gasteiger charge is 2.14. The zero-order valence-electron chi connectivity index (χ0n) is 15.6. The maximum atomic E-state index is 12.5. The van der Waals surface area contributed by atoms with Crippen LogP contribution >= 0.6 is 0 Å². The van der Waals surface area contributed by atoms with E-state index in [-0.39, 0.29) is 11.8 Å². The maximum absolute atomic E-state index is 12.5. The Morgan fingerprint density at radius 2 is 1.85 bits per heavy atom. The van der Waals surface area contributed by atoms with Gasteiger partial charge < -0.3 is 16.4 Å². The number of hydrogen-bond acceptors (Lipinski definition) is 3. The molecule has 2 amide bonds. The first-order valence-electron chi connectivity index (χ1n) is 8.96. The molecular formula is C21H27N3O2. The minimum Gasteiger partial charge on any atom is -0.325 e. The molecule has 0 bridgehead atoms. The van der Waals surface area contributed by atoms with Gasteiger partial charge >= 0.3 is 0 Å². The normalized spacial score (nSPS) is 11.7. The fourth-order valence-electron chi connectivity index (χ4n) is 2.61. The minimum atomic E-state index is -0.526. The van der Waals surface area contributed by atoms with E-state index in [1.165, 1.54) is 0 Å². The van der Waals surface area contributed by atoms with Crippen molar-refractivity contribution in [1.82, 2.24) is 0 Å². The van der Waals surface area contributed by atoms with Crippen molar-refractivity contribution in [3.05, 3.63) is 59.2 Å². The molecule has 0 aliphatic carbocycles. The summed E-state index contributed by atoms with van der Waals surface area (Å²) in [4.78, 5) is 24.6. The highest BCUT2D eigenvalue weighted by molar-refractivity contribution is 6.05. The van der Waals surface area contributed by atoms with E-state index in [9.17, 15) is 9.59 Å². The van der Waals surface area contributed by atoms with E-state index in [4.69, 9.17) is 5.73 Å². The molecular weight excluding hydrogens is 326 g/mol. The van der Waals surface area contributed by atoms with Gasteiger partial charge in [-0.25, -0.2) is 0 Å². The van der Waals surface area contributed by atoms with Crippen LogP contribution in [0.3, 0.4) is 0 Å². The Kier molecular flexibility index (Phi) is 6.92. The quantitative estimate of drug-likeness (QED) is 0.703. The fraction of sp³-hybridized carbons (Fsp3) is 0.333. The van der Waals surface area contributed by atoms with Crippen molar-refractivity contribution in [1.29, 1.82) is 0 Å². The minimum absolute atomic E-state index is 0.181. The Hall–Kier alpha value is -2.66. The predicted molar refractivity (Wildman–Crippen MR) is 106 cm³/mol. The van der Waals surface area contributed by atoms with Gasteiger partial charge in [-0.05, 0) is 50.1 Å². The van der Waals surface area contributed by atoms with Crippen molar-refractivity contribution in [3.8, 4) is 0 Å². The highest BCUT2D eigenvalue weighted by Crippen LogP contribution is 2.21.